The summed E-state index contributed by atoms with van der Waals surface area (Å²) in [5.41, 5.74) is 0. The van der Waals surface area contributed by atoms with Crippen molar-refractivity contribution in [2.24, 2.45) is 0 Å². The number of Topliss-reactive ketones (excluding diaryl/α,β-unsaturated/α-hetero) is 1. The van der Waals surface area contributed by atoms with Gasteiger partial charge in [0.1, 0.15) is 6.67 Å². The minimum absolute atomic E-state index is 0.254. The largest absolute Gasteiger partial charge is 0.481 e. The lowest BCUT2D eigenvalue weighted by molar-refractivity contribution is -0.134. The summed E-state index contributed by atoms with van der Waals surface area (Å²) in [5.74, 6) is -1.09. The standard InChI is InChI=1S/C8H15FO.C2H4O2/c1-2-3-4-5-6-8(10)7-9;1-2(3)4/h2-7H2,1H3;1H3,(H,3,4). The van der Waals surface area contributed by atoms with Crippen molar-refractivity contribution < 1.29 is 19.1 Å². The predicted octanol–water partition coefficient (Wildman–Crippen LogP) is 2.59. The van der Waals surface area contributed by atoms with Gasteiger partial charge in [-0.2, -0.15) is 0 Å². The van der Waals surface area contributed by atoms with Gasteiger partial charge in [0.2, 0.25) is 0 Å². The Labute approximate surface area is 84.3 Å². The number of rotatable bonds is 6. The minimum Gasteiger partial charge on any atom is -0.481 e. The van der Waals surface area contributed by atoms with Crippen molar-refractivity contribution in [2.45, 2.75) is 46.0 Å². The van der Waals surface area contributed by atoms with Crippen molar-refractivity contribution in [1.82, 2.24) is 0 Å². The summed E-state index contributed by atoms with van der Waals surface area (Å²) in [6, 6.07) is 0. The molecule has 0 aliphatic rings. The summed E-state index contributed by atoms with van der Waals surface area (Å²) in [6.45, 7) is 2.41. The molecule has 3 nitrogen and oxygen atoms in total. The van der Waals surface area contributed by atoms with E-state index in [2.05, 4.69) is 6.92 Å². The molecule has 0 saturated heterocycles. The van der Waals surface area contributed by atoms with Crippen LogP contribution in [0.2, 0.25) is 0 Å². The van der Waals surface area contributed by atoms with Crippen LogP contribution in [0, 0.1) is 0 Å². The number of alkyl halides is 1. The number of carbonyl (C=O) groups is 2. The Balaban J connectivity index is 0. The van der Waals surface area contributed by atoms with Gasteiger partial charge in [-0.1, -0.05) is 26.2 Å². The first-order valence-corrected chi connectivity index (χ1v) is 4.81. The van der Waals surface area contributed by atoms with Crippen molar-refractivity contribution in [3.8, 4) is 0 Å². The average molecular weight is 206 g/mol. The molecule has 0 radical (unpaired) electrons. The van der Waals surface area contributed by atoms with E-state index in [4.69, 9.17) is 9.90 Å². The van der Waals surface area contributed by atoms with Gasteiger partial charge in [-0.25, -0.2) is 4.39 Å². The van der Waals surface area contributed by atoms with Crippen LogP contribution in [-0.2, 0) is 9.59 Å². The maximum Gasteiger partial charge on any atom is 0.300 e. The van der Waals surface area contributed by atoms with Gasteiger partial charge in [-0.05, 0) is 6.42 Å². The average Bonchev–Trinajstić information content (AvgIpc) is 2.11. The fourth-order valence-corrected chi connectivity index (χ4v) is 0.816. The molecule has 0 fully saturated rings. The SMILES string of the molecule is CC(=O)O.CCCCCCC(=O)CF. The molecule has 0 aliphatic heterocycles. The van der Waals surface area contributed by atoms with Crippen LogP contribution in [0.25, 0.3) is 0 Å². The Morgan fingerprint density at radius 2 is 1.71 bits per heavy atom. The lowest BCUT2D eigenvalue weighted by atomic mass is 10.1. The molecule has 14 heavy (non-hydrogen) atoms. The molecule has 0 aromatic heterocycles. The Bertz CT molecular complexity index is 153. The fourth-order valence-electron chi connectivity index (χ4n) is 0.816. The zero-order valence-electron chi connectivity index (χ0n) is 8.88. The van der Waals surface area contributed by atoms with E-state index in [0.29, 0.717) is 6.42 Å². The third-order valence-corrected chi connectivity index (χ3v) is 1.46. The summed E-state index contributed by atoms with van der Waals surface area (Å²) < 4.78 is 11.5. The number of aliphatic carboxylic acids is 1. The normalized spacial score (nSPS) is 8.79. The third-order valence-electron chi connectivity index (χ3n) is 1.46. The molecule has 0 saturated carbocycles. The van der Waals surface area contributed by atoms with E-state index in [1.165, 1.54) is 0 Å². The monoisotopic (exact) mass is 206 g/mol. The van der Waals surface area contributed by atoms with Gasteiger partial charge >= 0.3 is 0 Å². The van der Waals surface area contributed by atoms with Gasteiger partial charge in [-0.15, -0.1) is 0 Å². The third kappa shape index (κ3) is 22.5. The van der Waals surface area contributed by atoms with E-state index in [9.17, 15) is 9.18 Å². The van der Waals surface area contributed by atoms with Crippen LogP contribution in [0.15, 0.2) is 0 Å². The first-order chi connectivity index (χ1) is 6.54. The van der Waals surface area contributed by atoms with Crippen LogP contribution in [0.3, 0.4) is 0 Å². The van der Waals surface area contributed by atoms with E-state index >= 15 is 0 Å². The van der Waals surface area contributed by atoms with Crippen LogP contribution in [0.5, 0.6) is 0 Å². The van der Waals surface area contributed by atoms with Crippen LogP contribution < -0.4 is 0 Å². The smallest absolute Gasteiger partial charge is 0.300 e. The highest BCUT2D eigenvalue weighted by molar-refractivity contribution is 5.79. The summed E-state index contributed by atoms with van der Waals surface area (Å²) in [4.78, 5) is 19.4. The number of halogens is 1. The summed E-state index contributed by atoms with van der Waals surface area (Å²) in [7, 11) is 0. The van der Waals surface area contributed by atoms with Crippen LogP contribution >= 0.6 is 0 Å². The highest BCUT2D eigenvalue weighted by Gasteiger charge is 1.98. The number of carbonyl (C=O) groups excluding carboxylic acids is 1. The molecule has 84 valence electrons. The van der Waals surface area contributed by atoms with E-state index < -0.39 is 12.6 Å². The van der Waals surface area contributed by atoms with Gasteiger partial charge in [0.25, 0.3) is 5.97 Å². The Morgan fingerprint density at radius 1 is 1.21 bits per heavy atom. The predicted molar refractivity (Wildman–Crippen MR) is 53.1 cm³/mol. The maximum absolute atomic E-state index is 11.5. The summed E-state index contributed by atoms with van der Waals surface area (Å²) >= 11 is 0. The van der Waals surface area contributed by atoms with E-state index in [1.54, 1.807) is 0 Å². The molecular weight excluding hydrogens is 187 g/mol. The molecule has 0 aromatic rings. The number of hydrogen-bond acceptors (Lipinski definition) is 2. The number of carboxylic acids is 1. The topological polar surface area (TPSA) is 54.4 Å². The first-order valence-electron chi connectivity index (χ1n) is 4.81. The van der Waals surface area contributed by atoms with Crippen molar-refractivity contribution >= 4 is 11.8 Å². The number of carboxylic acid groups (broad SMARTS) is 1. The Kier molecular flexibility index (Phi) is 13.4. The second-order valence-corrected chi connectivity index (χ2v) is 3.00. The van der Waals surface area contributed by atoms with Gasteiger partial charge in [0.15, 0.2) is 5.78 Å². The van der Waals surface area contributed by atoms with Gasteiger partial charge in [0.05, 0.1) is 0 Å². The maximum atomic E-state index is 11.5. The second-order valence-electron chi connectivity index (χ2n) is 3.00. The van der Waals surface area contributed by atoms with E-state index in [-0.39, 0.29) is 5.78 Å². The van der Waals surface area contributed by atoms with Gasteiger partial charge in [-0.3, -0.25) is 9.59 Å². The lowest BCUT2D eigenvalue weighted by Crippen LogP contribution is -1.98. The molecule has 0 unspecified atom stereocenters. The molecule has 0 spiro atoms. The molecule has 0 aliphatic carbocycles. The van der Waals surface area contributed by atoms with Crippen molar-refractivity contribution in [3.63, 3.8) is 0 Å². The Morgan fingerprint density at radius 3 is 2.07 bits per heavy atom. The summed E-state index contributed by atoms with van der Waals surface area (Å²) in [6.07, 6.45) is 4.65. The molecule has 0 atom stereocenters. The van der Waals surface area contributed by atoms with Gasteiger partial charge < -0.3 is 5.11 Å². The first kappa shape index (κ1) is 15.5. The van der Waals surface area contributed by atoms with Crippen LogP contribution in [0.1, 0.15) is 46.0 Å². The van der Waals surface area contributed by atoms with E-state index in [1.807, 2.05) is 0 Å². The van der Waals surface area contributed by atoms with Crippen LogP contribution in [-0.4, -0.2) is 23.5 Å². The molecular formula is C10H19FO3. The van der Waals surface area contributed by atoms with Crippen molar-refractivity contribution in [1.29, 1.82) is 0 Å². The second kappa shape index (κ2) is 12.1. The minimum atomic E-state index is -0.833. The summed E-state index contributed by atoms with van der Waals surface area (Å²) in [5, 5.41) is 7.42. The number of unbranched alkanes of at least 4 members (excludes halogenated alkanes) is 3. The molecule has 1 N–H and O–H groups in total. The van der Waals surface area contributed by atoms with Crippen LogP contribution in [0.4, 0.5) is 4.39 Å². The zero-order chi connectivity index (χ0) is 11.4. The molecule has 0 amide bonds. The zero-order valence-corrected chi connectivity index (χ0v) is 8.88. The lowest BCUT2D eigenvalue weighted by Gasteiger charge is -1.94. The molecule has 0 rings (SSSR count). The Hall–Kier alpha value is -0.930. The molecule has 0 bridgehead atoms. The number of hydrogen-bond donors (Lipinski definition) is 1. The highest BCUT2D eigenvalue weighted by Crippen LogP contribution is 2.02. The molecule has 0 heterocycles. The molecule has 0 aromatic carbocycles. The van der Waals surface area contributed by atoms with E-state index in [0.717, 1.165) is 32.6 Å². The van der Waals surface area contributed by atoms with Crippen molar-refractivity contribution in [2.75, 3.05) is 6.67 Å². The highest BCUT2D eigenvalue weighted by atomic mass is 19.1. The van der Waals surface area contributed by atoms with Crippen molar-refractivity contribution in [3.05, 3.63) is 0 Å². The fraction of sp³-hybridized carbons (Fsp3) is 0.800. The molecule has 4 heteroatoms. The quantitative estimate of drug-likeness (QED) is 0.679. The number of ketones is 1. The van der Waals surface area contributed by atoms with Gasteiger partial charge in [0, 0.05) is 13.3 Å².